The summed E-state index contributed by atoms with van der Waals surface area (Å²) in [5.74, 6) is -0.899. The van der Waals surface area contributed by atoms with Crippen LogP contribution in [0.1, 0.15) is 33.1 Å². The van der Waals surface area contributed by atoms with Crippen LogP contribution >= 0.6 is 0 Å². The normalized spacial score (nSPS) is 25.4. The number of aliphatic hydroxyl groups is 1. The molecule has 0 aliphatic carbocycles. The molecule has 0 aromatic heterocycles. The predicted octanol–water partition coefficient (Wildman–Crippen LogP) is 0.602. The summed E-state index contributed by atoms with van der Waals surface area (Å²) in [6.07, 6.45) is 1.49. The molecule has 3 N–H and O–H groups in total. The summed E-state index contributed by atoms with van der Waals surface area (Å²) in [5, 5.41) is 22.6. The zero-order chi connectivity index (χ0) is 10.8. The summed E-state index contributed by atoms with van der Waals surface area (Å²) in [4.78, 5) is 11.2. The van der Waals surface area contributed by atoms with Crippen molar-refractivity contribution in [1.82, 2.24) is 5.32 Å². The summed E-state index contributed by atoms with van der Waals surface area (Å²) in [7, 11) is 0. The topological polar surface area (TPSA) is 69.6 Å². The van der Waals surface area contributed by atoms with Crippen LogP contribution in [-0.2, 0) is 4.79 Å². The lowest BCUT2D eigenvalue weighted by Gasteiger charge is -2.44. The number of rotatable bonds is 3. The van der Waals surface area contributed by atoms with Gasteiger partial charge in [0, 0.05) is 0 Å². The van der Waals surface area contributed by atoms with Gasteiger partial charge in [0.05, 0.1) is 11.0 Å². The summed E-state index contributed by atoms with van der Waals surface area (Å²) >= 11 is 0. The Bertz CT molecular complexity index is 223. The van der Waals surface area contributed by atoms with Crippen molar-refractivity contribution in [2.45, 2.75) is 38.7 Å². The van der Waals surface area contributed by atoms with Crippen molar-refractivity contribution in [3.05, 3.63) is 0 Å². The highest BCUT2D eigenvalue weighted by molar-refractivity contribution is 5.75. The number of hydrogen-bond acceptors (Lipinski definition) is 3. The van der Waals surface area contributed by atoms with Crippen molar-refractivity contribution in [2.75, 3.05) is 13.1 Å². The third-order valence-electron chi connectivity index (χ3n) is 3.64. The third-order valence-corrected chi connectivity index (χ3v) is 3.64. The molecule has 4 nitrogen and oxygen atoms in total. The van der Waals surface area contributed by atoms with Crippen LogP contribution in [0.25, 0.3) is 0 Å². The molecule has 1 aliphatic rings. The molecule has 1 heterocycles. The van der Waals surface area contributed by atoms with Crippen molar-refractivity contribution in [2.24, 2.45) is 5.41 Å². The summed E-state index contributed by atoms with van der Waals surface area (Å²) in [5.41, 5.74) is -2.08. The van der Waals surface area contributed by atoms with Gasteiger partial charge >= 0.3 is 5.97 Å². The molecule has 0 spiro atoms. The molecule has 1 rings (SSSR count). The second-order valence-corrected chi connectivity index (χ2v) is 4.27. The van der Waals surface area contributed by atoms with Gasteiger partial charge in [-0.05, 0) is 39.3 Å². The quantitative estimate of drug-likeness (QED) is 0.625. The molecule has 0 bridgehead atoms. The number of aliphatic carboxylic acids is 1. The van der Waals surface area contributed by atoms with Gasteiger partial charge in [-0.25, -0.2) is 0 Å². The number of piperidine rings is 1. The van der Waals surface area contributed by atoms with Gasteiger partial charge in [-0.2, -0.15) is 0 Å². The molecule has 0 amide bonds. The second kappa shape index (κ2) is 3.87. The van der Waals surface area contributed by atoms with Gasteiger partial charge in [-0.1, -0.05) is 6.92 Å². The van der Waals surface area contributed by atoms with E-state index in [-0.39, 0.29) is 0 Å². The smallest absolute Gasteiger partial charge is 0.312 e. The van der Waals surface area contributed by atoms with Crippen molar-refractivity contribution >= 4 is 5.97 Å². The Balaban J connectivity index is 2.90. The van der Waals surface area contributed by atoms with E-state index in [1.165, 1.54) is 0 Å². The fourth-order valence-corrected chi connectivity index (χ4v) is 2.07. The van der Waals surface area contributed by atoms with Crippen LogP contribution in [0.15, 0.2) is 0 Å². The van der Waals surface area contributed by atoms with E-state index in [9.17, 15) is 9.90 Å². The maximum atomic E-state index is 11.2. The fraction of sp³-hybridized carbons (Fsp3) is 0.900. The molecule has 1 atom stereocenters. The van der Waals surface area contributed by atoms with Crippen molar-refractivity contribution in [1.29, 1.82) is 0 Å². The minimum atomic E-state index is -1.06. The Hall–Kier alpha value is -0.610. The lowest BCUT2D eigenvalue weighted by Crippen LogP contribution is -2.56. The van der Waals surface area contributed by atoms with Crippen LogP contribution in [0.3, 0.4) is 0 Å². The van der Waals surface area contributed by atoms with Gasteiger partial charge in [0.25, 0.3) is 0 Å². The summed E-state index contributed by atoms with van der Waals surface area (Å²) in [6, 6.07) is 0. The molecule has 0 saturated carbocycles. The van der Waals surface area contributed by atoms with E-state index < -0.39 is 17.0 Å². The minimum absolute atomic E-state index is 0.457. The van der Waals surface area contributed by atoms with E-state index >= 15 is 0 Å². The van der Waals surface area contributed by atoms with Crippen LogP contribution in [0.4, 0.5) is 0 Å². The first-order chi connectivity index (χ1) is 6.46. The van der Waals surface area contributed by atoms with Gasteiger partial charge in [-0.15, -0.1) is 0 Å². The van der Waals surface area contributed by atoms with E-state index in [0.717, 1.165) is 0 Å². The van der Waals surface area contributed by atoms with Crippen LogP contribution < -0.4 is 5.32 Å². The Morgan fingerprint density at radius 3 is 2.36 bits per heavy atom. The molecule has 1 unspecified atom stereocenters. The van der Waals surface area contributed by atoms with Crippen molar-refractivity contribution in [3.8, 4) is 0 Å². The third kappa shape index (κ3) is 1.64. The van der Waals surface area contributed by atoms with Crippen LogP contribution in [0.5, 0.6) is 0 Å². The maximum Gasteiger partial charge on any atom is 0.312 e. The molecule has 0 aromatic carbocycles. The monoisotopic (exact) mass is 201 g/mol. The minimum Gasteiger partial charge on any atom is -0.481 e. The molecule has 0 aromatic rings. The Kier molecular flexibility index (Phi) is 3.17. The highest BCUT2D eigenvalue weighted by atomic mass is 16.4. The van der Waals surface area contributed by atoms with Crippen LogP contribution in [0.2, 0.25) is 0 Å². The average Bonchev–Trinajstić information content (AvgIpc) is 2.17. The van der Waals surface area contributed by atoms with E-state index in [4.69, 9.17) is 5.11 Å². The lowest BCUT2D eigenvalue weighted by molar-refractivity contribution is -0.171. The number of carbonyl (C=O) groups is 1. The van der Waals surface area contributed by atoms with Gasteiger partial charge in [0.15, 0.2) is 0 Å². The van der Waals surface area contributed by atoms with E-state index in [0.29, 0.717) is 32.4 Å². The van der Waals surface area contributed by atoms with E-state index in [1.807, 2.05) is 6.92 Å². The molecular weight excluding hydrogens is 182 g/mol. The second-order valence-electron chi connectivity index (χ2n) is 4.27. The fourth-order valence-electron chi connectivity index (χ4n) is 2.07. The molecule has 1 fully saturated rings. The standard InChI is InChI=1S/C10H19NO3/c1-3-9(2,8(12)13)10(14)4-6-11-7-5-10/h11,14H,3-7H2,1-2H3,(H,12,13). The molecule has 82 valence electrons. The van der Waals surface area contributed by atoms with Crippen molar-refractivity contribution < 1.29 is 15.0 Å². The SMILES string of the molecule is CCC(C)(C(=O)O)C1(O)CCNCC1. The zero-order valence-corrected chi connectivity index (χ0v) is 8.84. The number of hydrogen-bond donors (Lipinski definition) is 3. The Labute approximate surface area is 84.3 Å². The largest absolute Gasteiger partial charge is 0.481 e. The van der Waals surface area contributed by atoms with Crippen molar-refractivity contribution in [3.63, 3.8) is 0 Å². The maximum absolute atomic E-state index is 11.2. The molecule has 1 saturated heterocycles. The lowest BCUT2D eigenvalue weighted by atomic mass is 9.67. The first kappa shape index (κ1) is 11.5. The highest BCUT2D eigenvalue weighted by Gasteiger charge is 2.51. The molecule has 1 aliphatic heterocycles. The average molecular weight is 201 g/mol. The van der Waals surface area contributed by atoms with Gasteiger partial charge in [-0.3, -0.25) is 4.79 Å². The van der Waals surface area contributed by atoms with E-state index in [1.54, 1.807) is 6.92 Å². The highest BCUT2D eigenvalue weighted by Crippen LogP contribution is 2.40. The zero-order valence-electron chi connectivity index (χ0n) is 8.84. The van der Waals surface area contributed by atoms with Gasteiger partial charge in [0.2, 0.25) is 0 Å². The van der Waals surface area contributed by atoms with E-state index in [2.05, 4.69) is 5.32 Å². The Morgan fingerprint density at radius 1 is 1.50 bits per heavy atom. The first-order valence-electron chi connectivity index (χ1n) is 5.13. The first-order valence-corrected chi connectivity index (χ1v) is 5.13. The van der Waals surface area contributed by atoms with Gasteiger partial charge < -0.3 is 15.5 Å². The summed E-state index contributed by atoms with van der Waals surface area (Å²) in [6.45, 7) is 4.84. The van der Waals surface area contributed by atoms with Crippen LogP contribution in [-0.4, -0.2) is 34.9 Å². The number of nitrogens with one attached hydrogen (secondary N) is 1. The predicted molar refractivity (Wildman–Crippen MR) is 53.1 cm³/mol. The number of carboxylic acid groups (broad SMARTS) is 1. The molecule has 0 radical (unpaired) electrons. The van der Waals surface area contributed by atoms with Crippen LogP contribution in [0, 0.1) is 5.41 Å². The Morgan fingerprint density at radius 2 is 2.00 bits per heavy atom. The molecule has 14 heavy (non-hydrogen) atoms. The molecular formula is C10H19NO3. The number of carboxylic acids is 1. The summed E-state index contributed by atoms with van der Waals surface area (Å²) < 4.78 is 0. The van der Waals surface area contributed by atoms with Gasteiger partial charge in [0.1, 0.15) is 0 Å². The molecule has 4 heteroatoms.